The van der Waals surface area contributed by atoms with E-state index in [1.54, 1.807) is 0 Å². The molecule has 1 heterocycles. The molecule has 0 bridgehead atoms. The van der Waals surface area contributed by atoms with Crippen LogP contribution in [0.2, 0.25) is 0 Å². The van der Waals surface area contributed by atoms with Crippen molar-refractivity contribution in [2.75, 3.05) is 23.7 Å². The Kier molecular flexibility index (Phi) is 3.45. The summed E-state index contributed by atoms with van der Waals surface area (Å²) < 4.78 is 0. The predicted octanol–water partition coefficient (Wildman–Crippen LogP) is 3.04. The summed E-state index contributed by atoms with van der Waals surface area (Å²) in [5.41, 5.74) is 2.43. The molecule has 0 aliphatic carbocycles. The molecule has 0 fully saturated rings. The molecule has 0 aromatic heterocycles. The maximum atomic E-state index is 3.30. The number of hydrogen-bond acceptors (Lipinski definition) is 2. The summed E-state index contributed by atoms with van der Waals surface area (Å²) in [4.78, 5) is 0. The number of nitrogens with one attached hydrogen (secondary N) is 2. The van der Waals surface area contributed by atoms with E-state index in [2.05, 4.69) is 22.8 Å². The Morgan fingerprint density at radius 3 is 1.83 bits per heavy atom. The molecular formula is C10H20N2. The average Bonchev–Trinajstić information content (AvgIpc) is 2.21. The van der Waals surface area contributed by atoms with Crippen molar-refractivity contribution < 1.29 is 2.85 Å². The number of rotatable bonds is 0. The van der Waals surface area contributed by atoms with Crippen molar-refractivity contribution in [2.45, 2.75) is 13.8 Å². The lowest BCUT2D eigenvalue weighted by molar-refractivity contribution is 1.05. The zero-order valence-corrected chi connectivity index (χ0v) is 7.72. The van der Waals surface area contributed by atoms with Crippen molar-refractivity contribution in [3.8, 4) is 0 Å². The van der Waals surface area contributed by atoms with E-state index in [4.69, 9.17) is 0 Å². The largest absolute Gasteiger partial charge is 0.382 e. The second-order valence-corrected chi connectivity index (χ2v) is 2.40. The summed E-state index contributed by atoms with van der Waals surface area (Å²) in [6, 6.07) is 8.25. The SMILES string of the molecule is CC.[HH].[HH].c1ccc2c(c1)NCCN2. The third-order valence-electron chi connectivity index (χ3n) is 1.68. The van der Waals surface area contributed by atoms with Gasteiger partial charge >= 0.3 is 0 Å². The summed E-state index contributed by atoms with van der Waals surface area (Å²) >= 11 is 0. The highest BCUT2D eigenvalue weighted by Crippen LogP contribution is 2.22. The third-order valence-corrected chi connectivity index (χ3v) is 1.68. The maximum Gasteiger partial charge on any atom is 0.0576 e. The van der Waals surface area contributed by atoms with Crippen molar-refractivity contribution in [1.29, 1.82) is 0 Å². The van der Waals surface area contributed by atoms with Crippen LogP contribution in [0.4, 0.5) is 11.4 Å². The molecule has 12 heavy (non-hydrogen) atoms. The van der Waals surface area contributed by atoms with Crippen molar-refractivity contribution in [1.82, 2.24) is 0 Å². The Morgan fingerprint density at radius 2 is 1.42 bits per heavy atom. The zero-order chi connectivity index (χ0) is 8.81. The summed E-state index contributed by atoms with van der Waals surface area (Å²) in [5.74, 6) is 0. The Balaban J connectivity index is 0. The molecule has 1 aromatic carbocycles. The Labute approximate surface area is 77.0 Å². The van der Waals surface area contributed by atoms with Crippen LogP contribution in [0.25, 0.3) is 0 Å². The van der Waals surface area contributed by atoms with Crippen LogP contribution < -0.4 is 10.6 Å². The van der Waals surface area contributed by atoms with E-state index in [-0.39, 0.29) is 2.85 Å². The Bertz CT molecular complexity index is 216. The summed E-state index contributed by atoms with van der Waals surface area (Å²) in [6.07, 6.45) is 0. The number of hydrogen-bond donors (Lipinski definition) is 2. The van der Waals surface area contributed by atoms with Crippen LogP contribution in [0.1, 0.15) is 16.7 Å². The number of para-hydroxylation sites is 2. The standard InChI is InChI=1S/C8H10N2.C2H6.2H2/c1-2-4-8-7(3-1)9-5-6-10-8;1-2;;/h1-4,9-10H,5-6H2;1-2H3;2*1H. The van der Waals surface area contributed by atoms with E-state index in [9.17, 15) is 0 Å². The van der Waals surface area contributed by atoms with E-state index in [1.807, 2.05) is 26.0 Å². The van der Waals surface area contributed by atoms with Gasteiger partial charge in [-0.05, 0) is 12.1 Å². The van der Waals surface area contributed by atoms with E-state index in [0.717, 1.165) is 13.1 Å². The summed E-state index contributed by atoms with van der Waals surface area (Å²) in [6.45, 7) is 6.05. The normalized spacial score (nSPS) is 12.8. The highest BCUT2D eigenvalue weighted by atomic mass is 15.0. The van der Waals surface area contributed by atoms with Gasteiger partial charge in [0.2, 0.25) is 0 Å². The fourth-order valence-corrected chi connectivity index (χ4v) is 1.19. The molecular weight excluding hydrogens is 148 g/mol. The smallest absolute Gasteiger partial charge is 0.0576 e. The van der Waals surface area contributed by atoms with Crippen LogP contribution in [-0.4, -0.2) is 13.1 Å². The molecule has 0 saturated carbocycles. The fourth-order valence-electron chi connectivity index (χ4n) is 1.19. The van der Waals surface area contributed by atoms with Gasteiger partial charge in [-0.15, -0.1) is 0 Å². The third kappa shape index (κ3) is 1.91. The number of fused-ring (bicyclic) bond motifs is 1. The highest BCUT2D eigenvalue weighted by molar-refractivity contribution is 5.70. The molecule has 70 valence electrons. The van der Waals surface area contributed by atoms with Gasteiger partial charge in [-0.25, -0.2) is 0 Å². The zero-order valence-electron chi connectivity index (χ0n) is 7.72. The van der Waals surface area contributed by atoms with Gasteiger partial charge in [0.15, 0.2) is 0 Å². The van der Waals surface area contributed by atoms with Gasteiger partial charge < -0.3 is 10.6 Å². The molecule has 2 N–H and O–H groups in total. The molecule has 1 aliphatic heterocycles. The van der Waals surface area contributed by atoms with Crippen LogP contribution in [0.5, 0.6) is 0 Å². The van der Waals surface area contributed by atoms with E-state index < -0.39 is 0 Å². The minimum absolute atomic E-state index is 0. The molecule has 0 amide bonds. The van der Waals surface area contributed by atoms with E-state index in [0.29, 0.717) is 0 Å². The van der Waals surface area contributed by atoms with Crippen molar-refractivity contribution >= 4 is 11.4 Å². The van der Waals surface area contributed by atoms with Crippen molar-refractivity contribution in [3.63, 3.8) is 0 Å². The lowest BCUT2D eigenvalue weighted by atomic mass is 10.2. The lowest BCUT2D eigenvalue weighted by Crippen LogP contribution is -2.19. The first-order chi connectivity index (χ1) is 5.97. The first-order valence-electron chi connectivity index (χ1n) is 4.53. The van der Waals surface area contributed by atoms with Crippen molar-refractivity contribution in [2.24, 2.45) is 0 Å². The Hall–Kier alpha value is -1.18. The van der Waals surface area contributed by atoms with Gasteiger partial charge in [-0.2, -0.15) is 0 Å². The minimum Gasteiger partial charge on any atom is -0.382 e. The van der Waals surface area contributed by atoms with Gasteiger partial charge in [0.25, 0.3) is 0 Å². The summed E-state index contributed by atoms with van der Waals surface area (Å²) in [7, 11) is 0. The monoisotopic (exact) mass is 168 g/mol. The first-order valence-corrected chi connectivity index (χ1v) is 4.53. The highest BCUT2D eigenvalue weighted by Gasteiger charge is 2.03. The molecule has 2 heteroatoms. The molecule has 1 aliphatic rings. The van der Waals surface area contributed by atoms with Gasteiger partial charge in [-0.3, -0.25) is 0 Å². The van der Waals surface area contributed by atoms with Crippen LogP contribution in [-0.2, 0) is 0 Å². The molecule has 0 unspecified atom stereocenters. The molecule has 2 rings (SSSR count). The lowest BCUT2D eigenvalue weighted by Gasteiger charge is -2.18. The van der Waals surface area contributed by atoms with Crippen LogP contribution in [0.15, 0.2) is 24.3 Å². The topological polar surface area (TPSA) is 24.1 Å². The van der Waals surface area contributed by atoms with Gasteiger partial charge in [-0.1, -0.05) is 26.0 Å². The Morgan fingerprint density at radius 1 is 1.00 bits per heavy atom. The van der Waals surface area contributed by atoms with Gasteiger partial charge in [0.1, 0.15) is 0 Å². The molecule has 1 aromatic rings. The average molecular weight is 168 g/mol. The second kappa shape index (κ2) is 4.65. The molecule has 0 spiro atoms. The number of anilines is 2. The van der Waals surface area contributed by atoms with Crippen LogP contribution >= 0.6 is 0 Å². The quantitative estimate of drug-likeness (QED) is 0.622. The van der Waals surface area contributed by atoms with Crippen molar-refractivity contribution in [3.05, 3.63) is 24.3 Å². The van der Waals surface area contributed by atoms with Gasteiger partial charge in [0, 0.05) is 15.9 Å². The number of benzene rings is 1. The maximum absolute atomic E-state index is 3.30. The summed E-state index contributed by atoms with van der Waals surface area (Å²) in [5, 5.41) is 6.60. The van der Waals surface area contributed by atoms with E-state index >= 15 is 0 Å². The molecule has 0 atom stereocenters. The second-order valence-electron chi connectivity index (χ2n) is 2.40. The first kappa shape index (κ1) is 8.91. The molecule has 2 nitrogen and oxygen atoms in total. The van der Waals surface area contributed by atoms with Gasteiger partial charge in [0.05, 0.1) is 11.4 Å². The minimum atomic E-state index is 0. The predicted molar refractivity (Wildman–Crippen MR) is 59.0 cm³/mol. The van der Waals surface area contributed by atoms with Crippen LogP contribution in [0.3, 0.4) is 0 Å². The van der Waals surface area contributed by atoms with E-state index in [1.165, 1.54) is 11.4 Å². The van der Waals surface area contributed by atoms with Crippen LogP contribution in [0, 0.1) is 0 Å². The molecule has 0 saturated heterocycles. The fraction of sp³-hybridized carbons (Fsp3) is 0.400. The molecule has 0 radical (unpaired) electrons.